The van der Waals surface area contributed by atoms with Gasteiger partial charge in [-0.3, -0.25) is 14.4 Å². The zero-order valence-electron chi connectivity index (χ0n) is 12.3. The van der Waals surface area contributed by atoms with E-state index in [1.54, 1.807) is 0 Å². The van der Waals surface area contributed by atoms with Crippen molar-refractivity contribution in [3.63, 3.8) is 0 Å². The quantitative estimate of drug-likeness (QED) is 0.774. The summed E-state index contributed by atoms with van der Waals surface area (Å²) in [6.45, 7) is 5.23. The molecule has 1 aliphatic heterocycles. The molecule has 1 amide bonds. The molecule has 0 aromatic carbocycles. The number of esters is 2. The van der Waals surface area contributed by atoms with Gasteiger partial charge in [0.05, 0.1) is 25.0 Å². The van der Waals surface area contributed by atoms with Gasteiger partial charge in [0, 0.05) is 12.3 Å². The van der Waals surface area contributed by atoms with Gasteiger partial charge in [0.15, 0.2) is 0 Å². The van der Waals surface area contributed by atoms with Crippen LogP contribution in [0.15, 0.2) is 0 Å². The van der Waals surface area contributed by atoms with Crippen molar-refractivity contribution in [1.82, 2.24) is 5.32 Å². The van der Waals surface area contributed by atoms with Gasteiger partial charge >= 0.3 is 11.9 Å². The third-order valence-corrected chi connectivity index (χ3v) is 5.13. The van der Waals surface area contributed by atoms with Gasteiger partial charge in [0.1, 0.15) is 6.10 Å². The summed E-state index contributed by atoms with van der Waals surface area (Å²) in [5.74, 6) is -1.37. The normalized spacial score (nSPS) is 39.1. The van der Waals surface area contributed by atoms with Crippen molar-refractivity contribution in [3.05, 3.63) is 0 Å². The van der Waals surface area contributed by atoms with Crippen LogP contribution < -0.4 is 5.32 Å². The van der Waals surface area contributed by atoms with Gasteiger partial charge in [-0.05, 0) is 19.8 Å². The average Bonchev–Trinajstić information content (AvgIpc) is 2.70. The Balaban J connectivity index is 2.27. The number of hydrogen-bond donors (Lipinski definition) is 1. The maximum absolute atomic E-state index is 12.2. The van der Waals surface area contributed by atoms with Crippen LogP contribution in [-0.2, 0) is 23.9 Å². The molecule has 1 heterocycles. The summed E-state index contributed by atoms with van der Waals surface area (Å²) in [5, 5.41) is 2.94. The number of ether oxygens (including phenoxy) is 2. The van der Waals surface area contributed by atoms with E-state index < -0.39 is 22.8 Å². The molecule has 0 spiro atoms. The molecule has 2 aliphatic rings. The van der Waals surface area contributed by atoms with Crippen LogP contribution in [0.5, 0.6) is 0 Å². The van der Waals surface area contributed by atoms with Gasteiger partial charge in [0.25, 0.3) is 0 Å². The van der Waals surface area contributed by atoms with Crippen LogP contribution in [-0.4, -0.2) is 36.6 Å². The van der Waals surface area contributed by atoms with E-state index in [1.165, 1.54) is 14.0 Å². The fraction of sp³-hybridized carbons (Fsp3) is 0.786. The number of fused-ring (bicyclic) bond motifs is 1. The summed E-state index contributed by atoms with van der Waals surface area (Å²) in [7, 11) is 1.31. The van der Waals surface area contributed by atoms with Crippen molar-refractivity contribution in [2.24, 2.45) is 11.3 Å². The molecule has 4 unspecified atom stereocenters. The topological polar surface area (TPSA) is 81.7 Å². The van der Waals surface area contributed by atoms with E-state index in [2.05, 4.69) is 10.1 Å². The third kappa shape index (κ3) is 1.98. The van der Waals surface area contributed by atoms with Crippen molar-refractivity contribution < 1.29 is 23.9 Å². The van der Waals surface area contributed by atoms with Gasteiger partial charge in [-0.1, -0.05) is 6.92 Å². The lowest BCUT2D eigenvalue weighted by molar-refractivity contribution is -0.150. The molecule has 20 heavy (non-hydrogen) atoms. The Labute approximate surface area is 118 Å². The van der Waals surface area contributed by atoms with Crippen molar-refractivity contribution in [2.75, 3.05) is 7.11 Å². The minimum absolute atomic E-state index is 0.0568. The molecule has 1 saturated carbocycles. The molecular formula is C14H21NO5. The Hall–Kier alpha value is -1.59. The monoisotopic (exact) mass is 283 g/mol. The van der Waals surface area contributed by atoms with E-state index >= 15 is 0 Å². The lowest BCUT2D eigenvalue weighted by atomic mass is 9.68. The fourth-order valence-electron chi connectivity index (χ4n) is 3.68. The molecule has 112 valence electrons. The summed E-state index contributed by atoms with van der Waals surface area (Å²) >= 11 is 0. The highest BCUT2D eigenvalue weighted by atomic mass is 16.5. The Kier molecular flexibility index (Phi) is 3.52. The molecular weight excluding hydrogens is 262 g/mol. The van der Waals surface area contributed by atoms with Gasteiger partial charge in [0.2, 0.25) is 5.91 Å². The minimum Gasteiger partial charge on any atom is -0.469 e. The van der Waals surface area contributed by atoms with Crippen LogP contribution in [0.1, 0.15) is 40.0 Å². The van der Waals surface area contributed by atoms with Crippen LogP contribution in [0, 0.1) is 11.3 Å². The summed E-state index contributed by atoms with van der Waals surface area (Å²) < 4.78 is 10.0. The fourth-order valence-corrected chi connectivity index (χ4v) is 3.68. The van der Waals surface area contributed by atoms with Crippen LogP contribution in [0.25, 0.3) is 0 Å². The van der Waals surface area contributed by atoms with E-state index in [4.69, 9.17) is 4.74 Å². The number of amides is 1. The molecule has 0 radical (unpaired) electrons. The first-order valence-corrected chi connectivity index (χ1v) is 6.80. The van der Waals surface area contributed by atoms with Crippen molar-refractivity contribution in [3.8, 4) is 0 Å². The molecule has 0 bridgehead atoms. The summed E-state index contributed by atoms with van der Waals surface area (Å²) in [6.07, 6.45) is 1.12. The van der Waals surface area contributed by atoms with E-state index in [1.807, 2.05) is 13.8 Å². The zero-order chi connectivity index (χ0) is 15.1. The van der Waals surface area contributed by atoms with Gasteiger partial charge < -0.3 is 14.8 Å². The van der Waals surface area contributed by atoms with E-state index in [-0.39, 0.29) is 24.4 Å². The molecule has 1 aliphatic carbocycles. The molecule has 6 heteroatoms. The van der Waals surface area contributed by atoms with Gasteiger partial charge in [-0.15, -0.1) is 0 Å². The third-order valence-electron chi connectivity index (χ3n) is 5.13. The highest BCUT2D eigenvalue weighted by Crippen LogP contribution is 2.56. The number of carbonyl (C=O) groups excluding carboxylic acids is 3. The maximum Gasteiger partial charge on any atom is 0.306 e. The minimum atomic E-state index is -0.631. The molecule has 1 saturated heterocycles. The van der Waals surface area contributed by atoms with E-state index in [0.717, 1.165) is 6.42 Å². The Morgan fingerprint density at radius 2 is 2.05 bits per heavy atom. The van der Waals surface area contributed by atoms with E-state index in [9.17, 15) is 14.4 Å². The molecule has 2 rings (SSSR count). The van der Waals surface area contributed by atoms with Crippen molar-refractivity contribution >= 4 is 17.8 Å². The standard InChI is InChI=1S/C14H21NO5/c1-8(16)20-10-5-6-13(2)9(7-11(17)19-4)12(18)15-14(10,13)3/h9-10H,5-7H2,1-4H3,(H,15,18). The van der Waals surface area contributed by atoms with Crippen LogP contribution in [0.4, 0.5) is 0 Å². The Morgan fingerprint density at radius 1 is 1.40 bits per heavy atom. The number of methoxy groups -OCH3 is 1. The lowest BCUT2D eigenvalue weighted by Gasteiger charge is -2.39. The first-order chi connectivity index (χ1) is 9.24. The molecule has 0 aromatic heterocycles. The van der Waals surface area contributed by atoms with Gasteiger partial charge in [-0.25, -0.2) is 0 Å². The maximum atomic E-state index is 12.2. The summed E-state index contributed by atoms with van der Waals surface area (Å²) in [5.41, 5.74) is -1.05. The summed E-state index contributed by atoms with van der Waals surface area (Å²) in [6, 6.07) is 0. The number of hydrogen-bond acceptors (Lipinski definition) is 5. The highest BCUT2D eigenvalue weighted by molar-refractivity contribution is 5.88. The lowest BCUT2D eigenvalue weighted by Crippen LogP contribution is -2.54. The number of nitrogens with one attached hydrogen (secondary N) is 1. The predicted molar refractivity (Wildman–Crippen MR) is 69.6 cm³/mol. The molecule has 2 fully saturated rings. The van der Waals surface area contributed by atoms with E-state index in [0.29, 0.717) is 6.42 Å². The smallest absolute Gasteiger partial charge is 0.306 e. The molecule has 0 aromatic rings. The Bertz CT molecular complexity index is 462. The zero-order valence-corrected chi connectivity index (χ0v) is 12.3. The largest absolute Gasteiger partial charge is 0.469 e. The second-order valence-electron chi connectivity index (χ2n) is 6.08. The second-order valence-corrected chi connectivity index (χ2v) is 6.08. The summed E-state index contributed by atoms with van der Waals surface area (Å²) in [4.78, 5) is 35.0. The second kappa shape index (κ2) is 4.75. The molecule has 6 nitrogen and oxygen atoms in total. The van der Waals surface area contributed by atoms with Crippen LogP contribution in [0.2, 0.25) is 0 Å². The SMILES string of the molecule is COC(=O)CC1C(=O)NC2(C)C(OC(C)=O)CCC12C. The molecule has 1 N–H and O–H groups in total. The highest BCUT2D eigenvalue weighted by Gasteiger charge is 2.66. The van der Waals surface area contributed by atoms with Crippen LogP contribution in [0.3, 0.4) is 0 Å². The number of carbonyl (C=O) groups is 3. The number of rotatable bonds is 3. The first-order valence-electron chi connectivity index (χ1n) is 6.80. The molecule has 4 atom stereocenters. The van der Waals surface area contributed by atoms with Crippen molar-refractivity contribution in [1.29, 1.82) is 0 Å². The average molecular weight is 283 g/mol. The van der Waals surface area contributed by atoms with Crippen LogP contribution >= 0.6 is 0 Å². The van der Waals surface area contributed by atoms with Crippen molar-refractivity contribution in [2.45, 2.75) is 51.7 Å². The Morgan fingerprint density at radius 3 is 2.60 bits per heavy atom. The first kappa shape index (κ1) is 14.8. The van der Waals surface area contributed by atoms with Gasteiger partial charge in [-0.2, -0.15) is 0 Å². The predicted octanol–water partition coefficient (Wildman–Crippen LogP) is 0.786.